The molecule has 4 heteroatoms. The van der Waals surface area contributed by atoms with E-state index in [9.17, 15) is 0 Å². The van der Waals surface area contributed by atoms with E-state index in [1.54, 1.807) is 10.9 Å². The highest BCUT2D eigenvalue weighted by atomic mass is 16.3. The van der Waals surface area contributed by atoms with Crippen molar-refractivity contribution in [1.82, 2.24) is 9.78 Å². The van der Waals surface area contributed by atoms with E-state index in [-0.39, 0.29) is 0 Å². The van der Waals surface area contributed by atoms with E-state index in [0.717, 1.165) is 11.5 Å². The number of anilines is 1. The minimum absolute atomic E-state index is 0.632. The van der Waals surface area contributed by atoms with Crippen LogP contribution in [0.1, 0.15) is 11.1 Å². The highest BCUT2D eigenvalue weighted by Crippen LogP contribution is 2.21. The largest absolute Gasteiger partial charge is 0.463 e. The summed E-state index contributed by atoms with van der Waals surface area (Å²) in [6, 6.07) is 13.9. The molecular weight excluding hydrogens is 238 g/mol. The third-order valence-electron chi connectivity index (χ3n) is 3.00. The Balaban J connectivity index is 1.90. The van der Waals surface area contributed by atoms with Crippen LogP contribution in [0.5, 0.6) is 0 Å². The molecule has 0 spiro atoms. The number of benzene rings is 1. The molecule has 2 heterocycles. The molecule has 96 valence electrons. The lowest BCUT2D eigenvalue weighted by molar-refractivity contribution is 0.576. The third-order valence-corrected chi connectivity index (χ3v) is 3.00. The fourth-order valence-electron chi connectivity index (χ4n) is 2.09. The molecule has 19 heavy (non-hydrogen) atoms. The molecule has 0 saturated carbocycles. The van der Waals surface area contributed by atoms with Gasteiger partial charge in [-0.3, -0.25) is 0 Å². The van der Waals surface area contributed by atoms with Gasteiger partial charge in [-0.1, -0.05) is 29.8 Å². The summed E-state index contributed by atoms with van der Waals surface area (Å²) in [5, 5.41) is 4.48. The van der Waals surface area contributed by atoms with Gasteiger partial charge in [0.2, 0.25) is 0 Å². The SMILES string of the molecule is Cc1cccc(Cn2nc(-c3ccco3)cc2N)c1. The lowest BCUT2D eigenvalue weighted by atomic mass is 10.1. The first-order valence-electron chi connectivity index (χ1n) is 6.15. The van der Waals surface area contributed by atoms with Crippen LogP contribution in [0.15, 0.2) is 53.1 Å². The normalized spacial score (nSPS) is 10.8. The summed E-state index contributed by atoms with van der Waals surface area (Å²) in [4.78, 5) is 0. The minimum Gasteiger partial charge on any atom is -0.463 e. The predicted molar refractivity (Wildman–Crippen MR) is 74.6 cm³/mol. The van der Waals surface area contributed by atoms with Crippen molar-refractivity contribution in [3.63, 3.8) is 0 Å². The Bertz CT molecular complexity index is 683. The number of furan rings is 1. The fourth-order valence-corrected chi connectivity index (χ4v) is 2.09. The molecule has 2 aromatic heterocycles. The zero-order valence-electron chi connectivity index (χ0n) is 10.7. The van der Waals surface area contributed by atoms with Crippen molar-refractivity contribution < 1.29 is 4.42 Å². The van der Waals surface area contributed by atoms with Crippen molar-refractivity contribution in [1.29, 1.82) is 0 Å². The van der Waals surface area contributed by atoms with Crippen LogP contribution < -0.4 is 5.73 Å². The second-order valence-corrected chi connectivity index (χ2v) is 4.58. The van der Waals surface area contributed by atoms with Gasteiger partial charge in [-0.15, -0.1) is 0 Å². The van der Waals surface area contributed by atoms with E-state index < -0.39 is 0 Å². The monoisotopic (exact) mass is 253 g/mol. The van der Waals surface area contributed by atoms with E-state index >= 15 is 0 Å². The second kappa shape index (κ2) is 4.65. The number of nitrogens with two attached hydrogens (primary N) is 1. The molecule has 0 fully saturated rings. The molecule has 0 atom stereocenters. The van der Waals surface area contributed by atoms with Crippen molar-refractivity contribution in [2.75, 3.05) is 5.73 Å². The fraction of sp³-hybridized carbons (Fsp3) is 0.133. The average Bonchev–Trinajstić information content (AvgIpc) is 3.00. The van der Waals surface area contributed by atoms with Crippen molar-refractivity contribution in [2.45, 2.75) is 13.5 Å². The molecule has 0 aliphatic carbocycles. The van der Waals surface area contributed by atoms with Gasteiger partial charge in [0.05, 0.1) is 12.8 Å². The van der Waals surface area contributed by atoms with Gasteiger partial charge in [0.25, 0.3) is 0 Å². The van der Waals surface area contributed by atoms with E-state index in [1.807, 2.05) is 24.3 Å². The van der Waals surface area contributed by atoms with Crippen molar-refractivity contribution in [2.24, 2.45) is 0 Å². The number of hydrogen-bond donors (Lipinski definition) is 1. The van der Waals surface area contributed by atoms with Gasteiger partial charge in [0.1, 0.15) is 11.5 Å². The van der Waals surface area contributed by atoms with Crippen LogP contribution in [0.2, 0.25) is 0 Å². The Morgan fingerprint density at radius 3 is 2.84 bits per heavy atom. The number of nitrogen functional groups attached to an aromatic ring is 1. The Hall–Kier alpha value is -2.49. The summed E-state index contributed by atoms with van der Waals surface area (Å²) in [5.41, 5.74) is 9.16. The van der Waals surface area contributed by atoms with E-state index in [2.05, 4.69) is 30.2 Å². The summed E-state index contributed by atoms with van der Waals surface area (Å²) >= 11 is 0. The van der Waals surface area contributed by atoms with Crippen LogP contribution in [0.25, 0.3) is 11.5 Å². The Kier molecular flexibility index (Phi) is 2.83. The standard InChI is InChI=1S/C15H15N3O/c1-11-4-2-5-12(8-11)10-18-15(16)9-13(17-18)14-6-3-7-19-14/h2-9H,10,16H2,1H3. The maximum atomic E-state index is 5.99. The maximum Gasteiger partial charge on any atom is 0.154 e. The first-order chi connectivity index (χ1) is 9.22. The van der Waals surface area contributed by atoms with Gasteiger partial charge in [0, 0.05) is 6.07 Å². The molecule has 4 nitrogen and oxygen atoms in total. The van der Waals surface area contributed by atoms with Crippen LogP contribution in [-0.4, -0.2) is 9.78 Å². The molecular formula is C15H15N3O. The third kappa shape index (κ3) is 2.38. The summed E-state index contributed by atoms with van der Waals surface area (Å²) < 4.78 is 7.11. The first-order valence-corrected chi connectivity index (χ1v) is 6.15. The van der Waals surface area contributed by atoms with Gasteiger partial charge >= 0.3 is 0 Å². The zero-order valence-corrected chi connectivity index (χ0v) is 10.7. The number of nitrogens with zero attached hydrogens (tertiary/aromatic N) is 2. The summed E-state index contributed by atoms with van der Waals surface area (Å²) in [5.74, 6) is 1.36. The van der Waals surface area contributed by atoms with E-state index in [0.29, 0.717) is 12.4 Å². The summed E-state index contributed by atoms with van der Waals surface area (Å²) in [6.07, 6.45) is 1.63. The lowest BCUT2D eigenvalue weighted by Crippen LogP contribution is -2.05. The van der Waals surface area contributed by atoms with Crippen LogP contribution >= 0.6 is 0 Å². The van der Waals surface area contributed by atoms with Crippen LogP contribution in [0, 0.1) is 6.92 Å². The average molecular weight is 253 g/mol. The van der Waals surface area contributed by atoms with Crippen LogP contribution in [0.3, 0.4) is 0 Å². The molecule has 1 aromatic carbocycles. The van der Waals surface area contributed by atoms with Crippen molar-refractivity contribution >= 4 is 5.82 Å². The highest BCUT2D eigenvalue weighted by molar-refractivity contribution is 5.56. The Morgan fingerprint density at radius 2 is 2.11 bits per heavy atom. The van der Waals surface area contributed by atoms with Gasteiger partial charge in [-0.05, 0) is 24.6 Å². The number of hydrogen-bond acceptors (Lipinski definition) is 3. The van der Waals surface area contributed by atoms with Crippen molar-refractivity contribution in [3.8, 4) is 11.5 Å². The van der Waals surface area contributed by atoms with Crippen LogP contribution in [0.4, 0.5) is 5.82 Å². The highest BCUT2D eigenvalue weighted by Gasteiger charge is 2.09. The molecule has 3 rings (SSSR count). The number of aryl methyl sites for hydroxylation is 1. The molecule has 0 unspecified atom stereocenters. The van der Waals surface area contributed by atoms with E-state index in [1.165, 1.54) is 11.1 Å². The molecule has 0 bridgehead atoms. The second-order valence-electron chi connectivity index (χ2n) is 4.58. The van der Waals surface area contributed by atoms with Gasteiger partial charge in [0.15, 0.2) is 5.76 Å². The van der Waals surface area contributed by atoms with Crippen molar-refractivity contribution in [3.05, 3.63) is 59.9 Å². The topological polar surface area (TPSA) is 57.0 Å². The first kappa shape index (κ1) is 11.6. The smallest absolute Gasteiger partial charge is 0.154 e. The Labute approximate surface area is 111 Å². The maximum absolute atomic E-state index is 5.99. The lowest BCUT2D eigenvalue weighted by Gasteiger charge is -2.04. The summed E-state index contributed by atoms with van der Waals surface area (Å²) in [6.45, 7) is 2.73. The summed E-state index contributed by atoms with van der Waals surface area (Å²) in [7, 11) is 0. The van der Waals surface area contributed by atoms with Gasteiger partial charge in [-0.2, -0.15) is 5.10 Å². The number of aromatic nitrogens is 2. The molecule has 0 aliphatic heterocycles. The van der Waals surface area contributed by atoms with Gasteiger partial charge in [-0.25, -0.2) is 4.68 Å². The molecule has 0 amide bonds. The predicted octanol–water partition coefficient (Wildman–Crippen LogP) is 3.08. The molecule has 0 radical (unpaired) electrons. The quantitative estimate of drug-likeness (QED) is 0.780. The molecule has 2 N–H and O–H groups in total. The molecule has 0 saturated heterocycles. The molecule has 3 aromatic rings. The van der Waals surface area contributed by atoms with Crippen LogP contribution in [-0.2, 0) is 6.54 Å². The number of rotatable bonds is 3. The van der Waals surface area contributed by atoms with Gasteiger partial charge < -0.3 is 10.2 Å². The minimum atomic E-state index is 0.632. The molecule has 0 aliphatic rings. The Morgan fingerprint density at radius 1 is 1.21 bits per heavy atom. The zero-order chi connectivity index (χ0) is 13.2. The van der Waals surface area contributed by atoms with E-state index in [4.69, 9.17) is 10.2 Å².